The van der Waals surface area contributed by atoms with E-state index in [1.54, 1.807) is 6.07 Å². The lowest BCUT2D eigenvalue weighted by Gasteiger charge is -2.36. The molecule has 1 aliphatic rings. The Morgan fingerprint density at radius 1 is 1.04 bits per heavy atom. The quantitative estimate of drug-likeness (QED) is 0.803. The van der Waals surface area contributed by atoms with Crippen LogP contribution in [0.1, 0.15) is 0 Å². The summed E-state index contributed by atoms with van der Waals surface area (Å²) in [5.41, 5.74) is 2.91. The summed E-state index contributed by atoms with van der Waals surface area (Å²) < 4.78 is 18.9. The number of benzene rings is 2. The van der Waals surface area contributed by atoms with Crippen molar-refractivity contribution in [1.29, 1.82) is 0 Å². The van der Waals surface area contributed by atoms with Gasteiger partial charge in [-0.3, -0.25) is 0 Å². The number of methoxy groups -OCH3 is 1. The van der Waals surface area contributed by atoms with Crippen LogP contribution in [0, 0.1) is 5.82 Å². The van der Waals surface area contributed by atoms with Crippen LogP contribution in [0.3, 0.4) is 0 Å². The number of anilines is 2. The number of hydrogen-bond acceptors (Lipinski definition) is 4. The van der Waals surface area contributed by atoms with Crippen molar-refractivity contribution in [1.82, 2.24) is 9.97 Å². The van der Waals surface area contributed by atoms with Crippen LogP contribution in [0.15, 0.2) is 42.5 Å². The van der Waals surface area contributed by atoms with Crippen LogP contribution in [0.4, 0.5) is 16.0 Å². The zero-order chi connectivity index (χ0) is 16.5. The van der Waals surface area contributed by atoms with Gasteiger partial charge in [0.2, 0.25) is 5.95 Å². The normalized spacial score (nSPS) is 15.1. The average molecular weight is 326 g/mol. The highest BCUT2D eigenvalue weighted by Gasteiger charge is 2.20. The molecule has 1 aromatic heterocycles. The first kappa shape index (κ1) is 14.8. The molecule has 0 unspecified atom stereocenters. The highest BCUT2D eigenvalue weighted by molar-refractivity contribution is 5.77. The molecule has 1 aliphatic heterocycles. The van der Waals surface area contributed by atoms with Gasteiger partial charge >= 0.3 is 0 Å². The average Bonchev–Trinajstić information content (AvgIpc) is 3.06. The third kappa shape index (κ3) is 2.64. The van der Waals surface area contributed by atoms with E-state index in [0.29, 0.717) is 0 Å². The molecule has 2 heterocycles. The number of aromatic amines is 1. The fraction of sp³-hybridized carbons (Fsp3) is 0.278. The van der Waals surface area contributed by atoms with Gasteiger partial charge in [-0.15, -0.1) is 0 Å². The van der Waals surface area contributed by atoms with Crippen LogP contribution in [0.25, 0.3) is 11.0 Å². The summed E-state index contributed by atoms with van der Waals surface area (Å²) >= 11 is 0. The van der Waals surface area contributed by atoms with Gasteiger partial charge in [-0.05, 0) is 24.3 Å². The number of rotatable bonds is 3. The molecule has 1 saturated heterocycles. The molecule has 0 bridgehead atoms. The molecule has 0 amide bonds. The second-order valence-electron chi connectivity index (χ2n) is 5.87. The minimum Gasteiger partial charge on any atom is -0.494 e. The van der Waals surface area contributed by atoms with Crippen LogP contribution in [-0.4, -0.2) is 43.3 Å². The van der Waals surface area contributed by atoms with Crippen LogP contribution in [-0.2, 0) is 0 Å². The van der Waals surface area contributed by atoms with E-state index in [9.17, 15) is 4.39 Å². The van der Waals surface area contributed by atoms with E-state index in [-0.39, 0.29) is 11.6 Å². The fourth-order valence-corrected chi connectivity index (χ4v) is 3.12. The first-order chi connectivity index (χ1) is 11.7. The van der Waals surface area contributed by atoms with Gasteiger partial charge in [-0.25, -0.2) is 9.37 Å². The maximum absolute atomic E-state index is 13.9. The maximum Gasteiger partial charge on any atom is 0.203 e. The van der Waals surface area contributed by atoms with E-state index < -0.39 is 0 Å². The van der Waals surface area contributed by atoms with E-state index in [1.165, 1.54) is 13.2 Å². The van der Waals surface area contributed by atoms with Crippen molar-refractivity contribution in [3.05, 3.63) is 48.3 Å². The van der Waals surface area contributed by atoms with Crippen molar-refractivity contribution >= 4 is 22.7 Å². The Balaban J connectivity index is 1.47. The molecule has 0 aliphatic carbocycles. The lowest BCUT2D eigenvalue weighted by atomic mass is 10.2. The predicted octanol–water partition coefficient (Wildman–Crippen LogP) is 3.04. The zero-order valence-electron chi connectivity index (χ0n) is 13.5. The fourth-order valence-electron chi connectivity index (χ4n) is 3.12. The number of H-pyrrole nitrogens is 1. The molecule has 124 valence electrons. The number of aromatic nitrogens is 2. The summed E-state index contributed by atoms with van der Waals surface area (Å²) in [7, 11) is 1.48. The van der Waals surface area contributed by atoms with Gasteiger partial charge < -0.3 is 19.5 Å². The largest absolute Gasteiger partial charge is 0.494 e. The molecule has 5 nitrogen and oxygen atoms in total. The van der Waals surface area contributed by atoms with E-state index in [4.69, 9.17) is 4.74 Å². The second kappa shape index (κ2) is 6.03. The van der Waals surface area contributed by atoms with Crippen molar-refractivity contribution in [3.63, 3.8) is 0 Å². The molecule has 0 spiro atoms. The number of hydrogen-bond donors (Lipinski definition) is 1. The van der Waals surface area contributed by atoms with Gasteiger partial charge in [0.25, 0.3) is 0 Å². The molecule has 4 rings (SSSR count). The topological polar surface area (TPSA) is 44.4 Å². The Morgan fingerprint density at radius 3 is 2.50 bits per heavy atom. The van der Waals surface area contributed by atoms with Crippen LogP contribution < -0.4 is 14.5 Å². The Kier molecular flexibility index (Phi) is 3.72. The molecule has 0 radical (unpaired) electrons. The first-order valence-electron chi connectivity index (χ1n) is 8.03. The number of nitrogens with one attached hydrogen (secondary N) is 1. The molecule has 1 fully saturated rings. The summed E-state index contributed by atoms with van der Waals surface area (Å²) in [6.45, 7) is 3.33. The Hall–Kier alpha value is -2.76. The molecule has 0 saturated carbocycles. The van der Waals surface area contributed by atoms with E-state index in [1.807, 2.05) is 30.3 Å². The maximum atomic E-state index is 13.9. The summed E-state index contributed by atoms with van der Waals surface area (Å²) in [6.07, 6.45) is 0. The van der Waals surface area contributed by atoms with E-state index in [0.717, 1.165) is 48.8 Å². The minimum atomic E-state index is -0.324. The van der Waals surface area contributed by atoms with Gasteiger partial charge in [0.15, 0.2) is 11.6 Å². The second-order valence-corrected chi connectivity index (χ2v) is 5.87. The molecular formula is C18H19FN4O. The number of nitrogens with zero attached hydrogens (tertiary/aromatic N) is 3. The van der Waals surface area contributed by atoms with Gasteiger partial charge in [0, 0.05) is 37.9 Å². The monoisotopic (exact) mass is 326 g/mol. The molecule has 3 aromatic rings. The van der Waals surface area contributed by atoms with Gasteiger partial charge in [-0.1, -0.05) is 12.1 Å². The first-order valence-corrected chi connectivity index (χ1v) is 8.03. The van der Waals surface area contributed by atoms with Crippen molar-refractivity contribution in [3.8, 4) is 5.75 Å². The summed E-state index contributed by atoms with van der Waals surface area (Å²) in [6, 6.07) is 13.1. The number of fused-ring (bicyclic) bond motifs is 1. The summed E-state index contributed by atoms with van der Waals surface area (Å²) in [5, 5.41) is 0. The Labute approximate surface area is 139 Å². The predicted molar refractivity (Wildman–Crippen MR) is 93.5 cm³/mol. The number of halogens is 1. The Morgan fingerprint density at radius 2 is 1.79 bits per heavy atom. The van der Waals surface area contributed by atoms with Crippen molar-refractivity contribution in [2.75, 3.05) is 43.1 Å². The smallest absolute Gasteiger partial charge is 0.203 e. The van der Waals surface area contributed by atoms with Crippen molar-refractivity contribution < 1.29 is 9.13 Å². The van der Waals surface area contributed by atoms with Gasteiger partial charge in [-0.2, -0.15) is 0 Å². The molecule has 6 heteroatoms. The molecule has 1 N–H and O–H groups in total. The number of piperazine rings is 1. The third-order valence-electron chi connectivity index (χ3n) is 4.46. The van der Waals surface area contributed by atoms with Crippen LogP contribution >= 0.6 is 0 Å². The van der Waals surface area contributed by atoms with Gasteiger partial charge in [0.1, 0.15) is 0 Å². The number of imidazole rings is 1. The highest BCUT2D eigenvalue weighted by atomic mass is 19.1. The van der Waals surface area contributed by atoms with Gasteiger partial charge in [0.05, 0.1) is 18.1 Å². The molecule has 24 heavy (non-hydrogen) atoms. The lowest BCUT2D eigenvalue weighted by Crippen LogP contribution is -2.47. The zero-order valence-corrected chi connectivity index (χ0v) is 13.5. The molecule has 2 aromatic carbocycles. The van der Waals surface area contributed by atoms with Crippen LogP contribution in [0.5, 0.6) is 5.75 Å². The highest BCUT2D eigenvalue weighted by Crippen LogP contribution is 2.25. The third-order valence-corrected chi connectivity index (χ3v) is 4.46. The minimum absolute atomic E-state index is 0.277. The van der Waals surface area contributed by atoms with Crippen molar-refractivity contribution in [2.45, 2.75) is 0 Å². The van der Waals surface area contributed by atoms with E-state index >= 15 is 0 Å². The summed E-state index contributed by atoms with van der Waals surface area (Å²) in [4.78, 5) is 12.4. The summed E-state index contributed by atoms with van der Waals surface area (Å²) in [5.74, 6) is 0.853. The molecular weight excluding hydrogens is 307 g/mol. The van der Waals surface area contributed by atoms with Crippen molar-refractivity contribution in [2.24, 2.45) is 0 Å². The Bertz CT molecular complexity index is 822. The molecule has 0 atom stereocenters. The number of para-hydroxylation sites is 2. The van der Waals surface area contributed by atoms with Crippen LogP contribution in [0.2, 0.25) is 0 Å². The lowest BCUT2D eigenvalue weighted by molar-refractivity contribution is 0.386. The number of ether oxygens (including phenoxy) is 1. The standard InChI is InChI=1S/C18H19FN4O/c1-24-17-7-6-13(12-14(17)19)22-8-10-23(11-9-22)18-20-15-4-2-3-5-16(15)21-18/h2-7,12H,8-11H2,1H3,(H,20,21). The SMILES string of the molecule is COc1ccc(N2CCN(c3nc4ccccc4[nH]3)CC2)cc1F. The van der Waals surface area contributed by atoms with E-state index in [2.05, 4.69) is 19.8 Å².